The van der Waals surface area contributed by atoms with Crippen LogP contribution in [0.2, 0.25) is 0 Å². The fourth-order valence-electron chi connectivity index (χ4n) is 1.23. The van der Waals surface area contributed by atoms with E-state index in [9.17, 15) is 8.42 Å². The van der Waals surface area contributed by atoms with Crippen molar-refractivity contribution in [2.75, 3.05) is 12.3 Å². The second-order valence-corrected chi connectivity index (χ2v) is 6.40. The molecule has 1 rings (SSSR count). The Morgan fingerprint density at radius 2 is 2.08 bits per heavy atom. The number of nitrogens with one attached hydrogen (secondary N) is 1. The molecule has 0 radical (unpaired) electrons. The van der Waals surface area contributed by atoms with Crippen LogP contribution in [0.15, 0.2) is 0 Å². The van der Waals surface area contributed by atoms with Crippen molar-refractivity contribution < 1.29 is 8.42 Å². The molecule has 13 heavy (non-hydrogen) atoms. The standard InChI is InChI=1S/C9H19NO2S/c1-3-6-13(11,12)8(2)7-10-9-4-5-9/h8-10H,3-7H2,1-2H3. The molecule has 78 valence electrons. The van der Waals surface area contributed by atoms with Crippen molar-refractivity contribution in [3.63, 3.8) is 0 Å². The number of hydrogen-bond acceptors (Lipinski definition) is 3. The molecule has 0 aromatic carbocycles. The van der Waals surface area contributed by atoms with E-state index >= 15 is 0 Å². The van der Waals surface area contributed by atoms with Crippen LogP contribution in [0.4, 0.5) is 0 Å². The predicted molar refractivity (Wildman–Crippen MR) is 54.6 cm³/mol. The first-order chi connectivity index (χ1) is 6.06. The van der Waals surface area contributed by atoms with Crippen LogP contribution in [0.3, 0.4) is 0 Å². The largest absolute Gasteiger partial charge is 0.313 e. The molecule has 0 heterocycles. The summed E-state index contributed by atoms with van der Waals surface area (Å²) in [6, 6.07) is 0.597. The summed E-state index contributed by atoms with van der Waals surface area (Å²) in [6.45, 7) is 4.31. The topological polar surface area (TPSA) is 46.2 Å². The Kier molecular flexibility index (Phi) is 3.74. The van der Waals surface area contributed by atoms with Gasteiger partial charge in [0.1, 0.15) is 0 Å². The van der Waals surface area contributed by atoms with Gasteiger partial charge in [-0.1, -0.05) is 6.92 Å². The van der Waals surface area contributed by atoms with Crippen LogP contribution >= 0.6 is 0 Å². The van der Waals surface area contributed by atoms with Crippen LogP contribution in [-0.4, -0.2) is 32.0 Å². The summed E-state index contributed by atoms with van der Waals surface area (Å²) in [5.74, 6) is 0.320. The van der Waals surface area contributed by atoms with E-state index in [1.165, 1.54) is 12.8 Å². The van der Waals surface area contributed by atoms with Crippen molar-refractivity contribution in [2.45, 2.75) is 44.4 Å². The first-order valence-electron chi connectivity index (χ1n) is 5.01. The molecule has 1 unspecified atom stereocenters. The van der Waals surface area contributed by atoms with Crippen molar-refractivity contribution in [2.24, 2.45) is 0 Å². The number of sulfone groups is 1. The molecule has 1 saturated carbocycles. The Morgan fingerprint density at radius 3 is 2.54 bits per heavy atom. The summed E-state index contributed by atoms with van der Waals surface area (Å²) >= 11 is 0. The van der Waals surface area contributed by atoms with Crippen molar-refractivity contribution in [1.82, 2.24) is 5.32 Å². The van der Waals surface area contributed by atoms with Gasteiger partial charge in [-0.25, -0.2) is 8.42 Å². The van der Waals surface area contributed by atoms with Crippen LogP contribution in [0, 0.1) is 0 Å². The summed E-state index contributed by atoms with van der Waals surface area (Å²) in [6.07, 6.45) is 3.14. The Balaban J connectivity index is 2.30. The van der Waals surface area contributed by atoms with Crippen LogP contribution < -0.4 is 5.32 Å². The second kappa shape index (κ2) is 4.42. The fourth-order valence-corrected chi connectivity index (χ4v) is 2.55. The average Bonchev–Trinajstić information content (AvgIpc) is 2.83. The molecule has 0 saturated heterocycles. The maximum Gasteiger partial charge on any atom is 0.154 e. The molecule has 3 nitrogen and oxygen atoms in total. The van der Waals surface area contributed by atoms with E-state index in [1.807, 2.05) is 6.92 Å². The van der Waals surface area contributed by atoms with E-state index in [-0.39, 0.29) is 5.25 Å². The maximum absolute atomic E-state index is 11.5. The van der Waals surface area contributed by atoms with Crippen LogP contribution in [0.1, 0.15) is 33.1 Å². The number of hydrogen-bond donors (Lipinski definition) is 1. The van der Waals surface area contributed by atoms with Gasteiger partial charge in [0, 0.05) is 12.6 Å². The van der Waals surface area contributed by atoms with Gasteiger partial charge in [-0.2, -0.15) is 0 Å². The van der Waals surface area contributed by atoms with E-state index < -0.39 is 9.84 Å². The van der Waals surface area contributed by atoms with E-state index in [4.69, 9.17) is 0 Å². The molecule has 0 spiro atoms. The van der Waals surface area contributed by atoms with Gasteiger partial charge in [-0.3, -0.25) is 0 Å². The highest BCUT2D eigenvalue weighted by Gasteiger charge is 2.24. The highest BCUT2D eigenvalue weighted by Crippen LogP contribution is 2.18. The molecule has 1 atom stereocenters. The van der Waals surface area contributed by atoms with Gasteiger partial charge in [-0.15, -0.1) is 0 Å². The lowest BCUT2D eigenvalue weighted by Crippen LogP contribution is -2.33. The normalized spacial score (nSPS) is 20.2. The summed E-state index contributed by atoms with van der Waals surface area (Å²) < 4.78 is 23.0. The Bertz CT molecular complexity index is 244. The highest BCUT2D eigenvalue weighted by atomic mass is 32.2. The lowest BCUT2D eigenvalue weighted by atomic mass is 10.4. The first-order valence-corrected chi connectivity index (χ1v) is 6.72. The van der Waals surface area contributed by atoms with Crippen LogP contribution in [0.25, 0.3) is 0 Å². The lowest BCUT2D eigenvalue weighted by Gasteiger charge is -2.12. The van der Waals surface area contributed by atoms with Gasteiger partial charge < -0.3 is 5.32 Å². The zero-order valence-electron chi connectivity index (χ0n) is 8.41. The Hall–Kier alpha value is -0.0900. The maximum atomic E-state index is 11.5. The monoisotopic (exact) mass is 205 g/mol. The minimum atomic E-state index is -2.84. The van der Waals surface area contributed by atoms with Gasteiger partial charge in [-0.05, 0) is 26.2 Å². The third-order valence-electron chi connectivity index (χ3n) is 2.37. The molecule has 0 aromatic rings. The van der Waals surface area contributed by atoms with Gasteiger partial charge in [0.25, 0.3) is 0 Å². The lowest BCUT2D eigenvalue weighted by molar-refractivity contribution is 0.570. The molecule has 0 aromatic heterocycles. The second-order valence-electron chi connectivity index (χ2n) is 3.86. The molecule has 0 amide bonds. The molecular formula is C9H19NO2S. The smallest absolute Gasteiger partial charge is 0.154 e. The summed E-state index contributed by atoms with van der Waals surface area (Å²) in [5, 5.41) is 3.01. The zero-order chi connectivity index (χ0) is 9.90. The van der Waals surface area contributed by atoms with Crippen LogP contribution in [0.5, 0.6) is 0 Å². The minimum absolute atomic E-state index is 0.229. The number of rotatable bonds is 6. The van der Waals surface area contributed by atoms with E-state index in [0.29, 0.717) is 18.3 Å². The predicted octanol–water partition coefficient (Wildman–Crippen LogP) is 0.952. The van der Waals surface area contributed by atoms with Gasteiger partial charge in [0.2, 0.25) is 0 Å². The molecular weight excluding hydrogens is 186 g/mol. The fraction of sp³-hybridized carbons (Fsp3) is 1.00. The Morgan fingerprint density at radius 1 is 1.46 bits per heavy atom. The summed E-state index contributed by atoms with van der Waals surface area (Å²) in [5.41, 5.74) is 0. The zero-order valence-corrected chi connectivity index (χ0v) is 9.23. The van der Waals surface area contributed by atoms with Crippen molar-refractivity contribution in [3.8, 4) is 0 Å². The average molecular weight is 205 g/mol. The Labute approximate surface area is 80.8 Å². The van der Waals surface area contributed by atoms with Crippen molar-refractivity contribution >= 4 is 9.84 Å². The molecule has 4 heteroatoms. The minimum Gasteiger partial charge on any atom is -0.313 e. The van der Waals surface area contributed by atoms with E-state index in [0.717, 1.165) is 6.42 Å². The molecule has 1 N–H and O–H groups in total. The van der Waals surface area contributed by atoms with Crippen molar-refractivity contribution in [1.29, 1.82) is 0 Å². The summed E-state index contributed by atoms with van der Waals surface area (Å²) in [4.78, 5) is 0. The summed E-state index contributed by atoms with van der Waals surface area (Å²) in [7, 11) is -2.84. The molecule has 1 fully saturated rings. The highest BCUT2D eigenvalue weighted by molar-refractivity contribution is 7.92. The van der Waals surface area contributed by atoms with Gasteiger partial charge in [0.15, 0.2) is 9.84 Å². The van der Waals surface area contributed by atoms with Crippen LogP contribution in [-0.2, 0) is 9.84 Å². The van der Waals surface area contributed by atoms with E-state index in [1.54, 1.807) is 6.92 Å². The quantitative estimate of drug-likeness (QED) is 0.702. The van der Waals surface area contributed by atoms with Gasteiger partial charge >= 0.3 is 0 Å². The molecule has 0 aliphatic heterocycles. The molecule has 1 aliphatic rings. The van der Waals surface area contributed by atoms with Crippen molar-refractivity contribution in [3.05, 3.63) is 0 Å². The third kappa shape index (κ3) is 3.65. The third-order valence-corrected chi connectivity index (χ3v) is 4.74. The SMILES string of the molecule is CCCS(=O)(=O)C(C)CNC1CC1. The van der Waals surface area contributed by atoms with Gasteiger partial charge in [0.05, 0.1) is 11.0 Å². The molecule has 1 aliphatic carbocycles. The van der Waals surface area contributed by atoms with E-state index in [2.05, 4.69) is 5.32 Å². The molecule has 0 bridgehead atoms. The first kappa shape index (κ1) is 11.0.